The minimum Gasteiger partial charge on any atom is -0.150 e. The fraction of sp³-hybridized carbons (Fsp3) is 0.250. The first-order valence-corrected chi connectivity index (χ1v) is 6.13. The van der Waals surface area contributed by atoms with E-state index in [0.29, 0.717) is 0 Å². The van der Waals surface area contributed by atoms with Gasteiger partial charge in [0.1, 0.15) is 6.04 Å². The van der Waals surface area contributed by atoms with Gasteiger partial charge in [0.25, 0.3) is 0 Å². The minimum atomic E-state index is -0.385. The first-order valence-electron chi connectivity index (χ1n) is 6.13. The van der Waals surface area contributed by atoms with E-state index in [1.54, 1.807) is 0 Å². The van der Waals surface area contributed by atoms with Crippen molar-refractivity contribution < 1.29 is 0 Å². The van der Waals surface area contributed by atoms with Crippen molar-refractivity contribution in [3.63, 3.8) is 0 Å². The molecule has 0 aliphatic heterocycles. The van der Waals surface area contributed by atoms with Gasteiger partial charge in [0, 0.05) is 5.41 Å². The summed E-state index contributed by atoms with van der Waals surface area (Å²) in [6.07, 6.45) is 0. The molecule has 0 spiro atoms. The lowest BCUT2D eigenvalue weighted by molar-refractivity contribution is 0.470. The van der Waals surface area contributed by atoms with Gasteiger partial charge < -0.3 is 0 Å². The molecule has 0 unspecified atom stereocenters. The summed E-state index contributed by atoms with van der Waals surface area (Å²) in [5.41, 5.74) is 1.84. The van der Waals surface area contributed by atoms with Crippen molar-refractivity contribution in [2.75, 3.05) is 0 Å². The second-order valence-corrected chi connectivity index (χ2v) is 4.72. The van der Waals surface area contributed by atoms with Crippen molar-refractivity contribution in [2.45, 2.75) is 25.3 Å². The Hall–Kier alpha value is -1.96. The van der Waals surface area contributed by atoms with E-state index in [2.05, 4.69) is 36.4 Å². The molecule has 92 valence electrons. The lowest BCUT2D eigenvalue weighted by Crippen LogP contribution is -2.34. The lowest BCUT2D eigenvalue weighted by atomic mass is 9.71. The largest absolute Gasteiger partial charge is 0.150 e. The van der Waals surface area contributed by atoms with Crippen LogP contribution < -0.4 is 0 Å². The van der Waals surface area contributed by atoms with Crippen LogP contribution in [0.2, 0.25) is 0 Å². The fourth-order valence-electron chi connectivity index (χ4n) is 2.32. The summed E-state index contributed by atoms with van der Waals surface area (Å²) in [6.45, 7) is 3.94. The third-order valence-electron chi connectivity index (χ3n) is 3.74. The highest BCUT2D eigenvalue weighted by Gasteiger charge is 2.35. The molecule has 0 saturated heterocycles. The normalized spacial score (nSPS) is 13.0. The van der Waals surface area contributed by atoms with Crippen LogP contribution >= 0.6 is 0 Å². The average molecular weight is 239 g/mol. The van der Waals surface area contributed by atoms with Crippen molar-refractivity contribution in [3.05, 3.63) is 76.7 Å². The summed E-state index contributed by atoms with van der Waals surface area (Å²) < 4.78 is 0. The molecule has 2 heteroatoms. The van der Waals surface area contributed by atoms with Gasteiger partial charge in [0.15, 0.2) is 0 Å². The second-order valence-electron chi connectivity index (χ2n) is 4.72. The van der Waals surface area contributed by atoms with Gasteiger partial charge in [0.05, 0.1) is 0 Å². The van der Waals surface area contributed by atoms with Crippen LogP contribution in [0.3, 0.4) is 0 Å². The predicted octanol–water partition coefficient (Wildman–Crippen LogP) is 4.15. The first kappa shape index (κ1) is 12.5. The Bertz CT molecular complexity index is 468. The van der Waals surface area contributed by atoms with E-state index in [1.165, 1.54) is 0 Å². The van der Waals surface area contributed by atoms with Gasteiger partial charge in [-0.2, -0.15) is 4.91 Å². The minimum absolute atomic E-state index is 0.317. The molecule has 2 aromatic carbocycles. The summed E-state index contributed by atoms with van der Waals surface area (Å²) in [5, 5.41) is 3.26. The maximum Gasteiger partial charge on any atom is 0.103 e. The Morgan fingerprint density at radius 3 is 1.61 bits per heavy atom. The summed E-state index contributed by atoms with van der Waals surface area (Å²) in [4.78, 5) is 11.0. The zero-order valence-corrected chi connectivity index (χ0v) is 10.7. The quantitative estimate of drug-likeness (QED) is 0.737. The summed E-state index contributed by atoms with van der Waals surface area (Å²) in [7, 11) is 0. The SMILES string of the molecule is C[C@H](N=O)C(C)(c1ccccc1)c1ccccc1. The molecule has 18 heavy (non-hydrogen) atoms. The van der Waals surface area contributed by atoms with Crippen molar-refractivity contribution in [1.29, 1.82) is 0 Å². The van der Waals surface area contributed by atoms with Gasteiger partial charge in [-0.25, -0.2) is 0 Å². The van der Waals surface area contributed by atoms with E-state index in [-0.39, 0.29) is 11.5 Å². The van der Waals surface area contributed by atoms with Crippen molar-refractivity contribution in [1.82, 2.24) is 0 Å². The molecule has 0 aromatic heterocycles. The monoisotopic (exact) mass is 239 g/mol. The van der Waals surface area contributed by atoms with Gasteiger partial charge >= 0.3 is 0 Å². The Morgan fingerprint density at radius 1 is 0.889 bits per heavy atom. The third-order valence-corrected chi connectivity index (χ3v) is 3.74. The molecule has 2 rings (SSSR count). The molecule has 0 radical (unpaired) electrons. The third kappa shape index (κ3) is 2.06. The van der Waals surface area contributed by atoms with Gasteiger partial charge in [-0.05, 0) is 25.0 Å². The highest BCUT2D eigenvalue weighted by Crippen LogP contribution is 2.36. The molecule has 0 fully saturated rings. The van der Waals surface area contributed by atoms with Gasteiger partial charge in [0.2, 0.25) is 0 Å². The van der Waals surface area contributed by atoms with E-state index < -0.39 is 0 Å². The molecule has 0 bridgehead atoms. The summed E-state index contributed by atoms with van der Waals surface area (Å²) in [5.74, 6) is 0. The number of hydrogen-bond donors (Lipinski definition) is 0. The highest BCUT2D eigenvalue weighted by atomic mass is 16.3. The Balaban J connectivity index is 2.59. The molecular weight excluding hydrogens is 222 g/mol. The summed E-state index contributed by atoms with van der Waals surface area (Å²) >= 11 is 0. The van der Waals surface area contributed by atoms with E-state index in [9.17, 15) is 4.91 Å². The number of nitroso groups, excluding NO2 is 1. The number of benzene rings is 2. The van der Waals surface area contributed by atoms with Crippen molar-refractivity contribution in [2.24, 2.45) is 5.18 Å². The standard InChI is InChI=1S/C16H17NO/c1-13(17-18)16(2,14-9-5-3-6-10-14)15-11-7-4-8-12-15/h3-13H,1-2H3/t13-/m0/s1. The molecular formula is C16H17NO. The van der Waals surface area contributed by atoms with Crippen LogP contribution in [0.5, 0.6) is 0 Å². The smallest absolute Gasteiger partial charge is 0.103 e. The predicted molar refractivity (Wildman–Crippen MR) is 74.6 cm³/mol. The molecule has 2 nitrogen and oxygen atoms in total. The Kier molecular flexibility index (Phi) is 3.56. The molecule has 0 aliphatic rings. The average Bonchev–Trinajstić information content (AvgIpc) is 2.47. The Morgan fingerprint density at radius 2 is 1.28 bits per heavy atom. The molecule has 1 atom stereocenters. The van der Waals surface area contributed by atoms with Crippen LogP contribution in [0.4, 0.5) is 0 Å². The van der Waals surface area contributed by atoms with E-state index in [1.807, 2.05) is 43.3 Å². The maximum atomic E-state index is 11.0. The van der Waals surface area contributed by atoms with Crippen LogP contribution in [-0.4, -0.2) is 6.04 Å². The highest BCUT2D eigenvalue weighted by molar-refractivity contribution is 5.40. The van der Waals surface area contributed by atoms with Crippen molar-refractivity contribution in [3.8, 4) is 0 Å². The van der Waals surface area contributed by atoms with Crippen LogP contribution in [0.25, 0.3) is 0 Å². The zero-order valence-electron chi connectivity index (χ0n) is 10.7. The number of nitrogens with zero attached hydrogens (tertiary/aromatic N) is 1. The van der Waals surface area contributed by atoms with Gasteiger partial charge in [-0.15, -0.1) is 0 Å². The van der Waals surface area contributed by atoms with E-state index in [0.717, 1.165) is 11.1 Å². The van der Waals surface area contributed by atoms with E-state index >= 15 is 0 Å². The molecule has 0 heterocycles. The molecule has 0 amide bonds. The van der Waals surface area contributed by atoms with Crippen LogP contribution in [0, 0.1) is 4.91 Å². The molecule has 0 N–H and O–H groups in total. The maximum absolute atomic E-state index is 11.0. The van der Waals surface area contributed by atoms with Gasteiger partial charge in [-0.3, -0.25) is 0 Å². The zero-order chi connectivity index (χ0) is 13.0. The van der Waals surface area contributed by atoms with Crippen LogP contribution in [-0.2, 0) is 5.41 Å². The lowest BCUT2D eigenvalue weighted by Gasteiger charge is -2.33. The second kappa shape index (κ2) is 5.13. The first-order chi connectivity index (χ1) is 8.69. The fourth-order valence-corrected chi connectivity index (χ4v) is 2.32. The van der Waals surface area contributed by atoms with Crippen molar-refractivity contribution >= 4 is 0 Å². The van der Waals surface area contributed by atoms with Crippen LogP contribution in [0.1, 0.15) is 25.0 Å². The molecule has 2 aromatic rings. The van der Waals surface area contributed by atoms with E-state index in [4.69, 9.17) is 0 Å². The van der Waals surface area contributed by atoms with Crippen LogP contribution in [0.15, 0.2) is 65.8 Å². The molecule has 0 aliphatic carbocycles. The molecule has 0 saturated carbocycles. The number of hydrogen-bond acceptors (Lipinski definition) is 2. The number of rotatable bonds is 4. The topological polar surface area (TPSA) is 29.4 Å². The van der Waals surface area contributed by atoms with Gasteiger partial charge in [-0.1, -0.05) is 65.8 Å². The summed E-state index contributed by atoms with van der Waals surface area (Å²) in [6, 6.07) is 19.8. The Labute approximate surface area is 108 Å².